The van der Waals surface area contributed by atoms with Crippen LogP contribution in [0.2, 0.25) is 0 Å². The second-order valence-corrected chi connectivity index (χ2v) is 4.07. The molecule has 0 spiro atoms. The molecule has 70 valence electrons. The van der Waals surface area contributed by atoms with Crippen molar-refractivity contribution in [3.05, 3.63) is 23.8 Å². The van der Waals surface area contributed by atoms with Crippen LogP contribution in [0.25, 0.3) is 0 Å². The number of rotatable bonds is 3. The Morgan fingerprint density at radius 1 is 1.23 bits per heavy atom. The lowest BCUT2D eigenvalue weighted by Gasteiger charge is -2.04. The molecule has 1 aromatic carbocycles. The number of hydrogen-bond acceptors (Lipinski definition) is 3. The fraction of sp³-hybridized carbons (Fsp3) is 0.222. The predicted octanol–water partition coefficient (Wildman–Crippen LogP) is 2.83. The molecule has 0 amide bonds. The van der Waals surface area contributed by atoms with E-state index in [-0.39, 0.29) is 0 Å². The summed E-state index contributed by atoms with van der Waals surface area (Å²) >= 11 is 3.19. The number of benzene rings is 1. The molecule has 0 saturated heterocycles. The molecule has 1 N–H and O–H groups in total. The standard InChI is InChI=1S/C9H10O2S2/c1-12-7-4-3-6(9(10)11)5-8(7)13-2/h3-5H,1-2H3,(H,10,11). The van der Waals surface area contributed by atoms with Crippen LogP contribution in [-0.2, 0) is 0 Å². The van der Waals surface area contributed by atoms with Gasteiger partial charge in [0.1, 0.15) is 0 Å². The number of thioether (sulfide) groups is 2. The van der Waals surface area contributed by atoms with Gasteiger partial charge in [-0.25, -0.2) is 4.79 Å². The first-order valence-electron chi connectivity index (χ1n) is 3.64. The van der Waals surface area contributed by atoms with E-state index in [1.54, 1.807) is 35.7 Å². The van der Waals surface area contributed by atoms with Crippen molar-refractivity contribution in [1.82, 2.24) is 0 Å². The van der Waals surface area contributed by atoms with Crippen molar-refractivity contribution >= 4 is 29.5 Å². The van der Waals surface area contributed by atoms with Crippen molar-refractivity contribution in [3.63, 3.8) is 0 Å². The molecule has 0 aromatic heterocycles. The Labute approximate surface area is 85.7 Å². The van der Waals surface area contributed by atoms with Crippen LogP contribution in [0.1, 0.15) is 10.4 Å². The van der Waals surface area contributed by atoms with E-state index in [2.05, 4.69) is 0 Å². The maximum atomic E-state index is 10.7. The number of hydrogen-bond donors (Lipinski definition) is 1. The Bertz CT molecular complexity index is 323. The van der Waals surface area contributed by atoms with Gasteiger partial charge in [-0.1, -0.05) is 0 Å². The number of carbonyl (C=O) groups is 1. The lowest BCUT2D eigenvalue weighted by molar-refractivity contribution is 0.0696. The molecule has 0 radical (unpaired) electrons. The molecule has 0 fully saturated rings. The highest BCUT2D eigenvalue weighted by atomic mass is 32.2. The third-order valence-electron chi connectivity index (χ3n) is 1.63. The molecule has 13 heavy (non-hydrogen) atoms. The summed E-state index contributed by atoms with van der Waals surface area (Å²) < 4.78 is 0. The Balaban J connectivity index is 3.13. The van der Waals surface area contributed by atoms with Gasteiger partial charge in [0.25, 0.3) is 0 Å². The molecule has 0 aliphatic heterocycles. The Morgan fingerprint density at radius 2 is 1.85 bits per heavy atom. The molecule has 4 heteroatoms. The maximum Gasteiger partial charge on any atom is 0.335 e. The van der Waals surface area contributed by atoms with Gasteiger partial charge in [0.2, 0.25) is 0 Å². The highest BCUT2D eigenvalue weighted by molar-refractivity contribution is 8.01. The molecule has 0 bridgehead atoms. The van der Waals surface area contributed by atoms with Gasteiger partial charge in [-0.15, -0.1) is 23.5 Å². The van der Waals surface area contributed by atoms with E-state index in [4.69, 9.17) is 5.11 Å². The minimum Gasteiger partial charge on any atom is -0.478 e. The quantitative estimate of drug-likeness (QED) is 0.785. The van der Waals surface area contributed by atoms with E-state index >= 15 is 0 Å². The molecule has 0 saturated carbocycles. The number of aromatic carboxylic acids is 1. The molecule has 0 aliphatic carbocycles. The van der Waals surface area contributed by atoms with E-state index in [0.29, 0.717) is 5.56 Å². The topological polar surface area (TPSA) is 37.3 Å². The first-order valence-corrected chi connectivity index (χ1v) is 6.09. The van der Waals surface area contributed by atoms with E-state index in [0.717, 1.165) is 9.79 Å². The van der Waals surface area contributed by atoms with Crippen molar-refractivity contribution in [1.29, 1.82) is 0 Å². The molecule has 0 unspecified atom stereocenters. The van der Waals surface area contributed by atoms with Crippen LogP contribution in [0.4, 0.5) is 0 Å². The van der Waals surface area contributed by atoms with E-state index in [9.17, 15) is 4.79 Å². The second-order valence-electron chi connectivity index (χ2n) is 2.37. The summed E-state index contributed by atoms with van der Waals surface area (Å²) in [4.78, 5) is 12.8. The van der Waals surface area contributed by atoms with Crippen LogP contribution in [0, 0.1) is 0 Å². The van der Waals surface area contributed by atoms with E-state index in [1.165, 1.54) is 0 Å². The SMILES string of the molecule is CSc1ccc(C(=O)O)cc1SC. The summed E-state index contributed by atoms with van der Waals surface area (Å²) in [6, 6.07) is 5.19. The Hall–Kier alpha value is -0.610. The zero-order valence-corrected chi connectivity index (χ0v) is 9.04. The third-order valence-corrected chi connectivity index (χ3v) is 3.33. The van der Waals surface area contributed by atoms with Crippen molar-refractivity contribution in [3.8, 4) is 0 Å². The third kappa shape index (κ3) is 2.42. The molecular weight excluding hydrogens is 204 g/mol. The van der Waals surface area contributed by atoms with Gasteiger partial charge >= 0.3 is 5.97 Å². The van der Waals surface area contributed by atoms with Crippen molar-refractivity contribution in [2.75, 3.05) is 12.5 Å². The van der Waals surface area contributed by atoms with Gasteiger partial charge in [-0.05, 0) is 30.7 Å². The van der Waals surface area contributed by atoms with Gasteiger partial charge in [0, 0.05) is 9.79 Å². The highest BCUT2D eigenvalue weighted by Gasteiger charge is 2.06. The molecule has 0 atom stereocenters. The summed E-state index contributed by atoms with van der Waals surface area (Å²) in [6.07, 6.45) is 3.93. The zero-order valence-electron chi connectivity index (χ0n) is 7.40. The van der Waals surface area contributed by atoms with Crippen LogP contribution in [0.15, 0.2) is 28.0 Å². The minimum atomic E-state index is -0.872. The first kappa shape index (κ1) is 10.5. The van der Waals surface area contributed by atoms with Crippen LogP contribution in [0.5, 0.6) is 0 Å². The smallest absolute Gasteiger partial charge is 0.335 e. The second kappa shape index (κ2) is 4.58. The zero-order chi connectivity index (χ0) is 9.84. The largest absolute Gasteiger partial charge is 0.478 e. The van der Waals surface area contributed by atoms with Crippen LogP contribution in [-0.4, -0.2) is 23.6 Å². The van der Waals surface area contributed by atoms with Gasteiger partial charge in [-0.2, -0.15) is 0 Å². The Kier molecular flexibility index (Phi) is 3.69. The van der Waals surface area contributed by atoms with Crippen molar-refractivity contribution < 1.29 is 9.90 Å². The summed E-state index contributed by atoms with van der Waals surface area (Å²) in [5, 5.41) is 8.75. The van der Waals surface area contributed by atoms with Crippen LogP contribution in [0.3, 0.4) is 0 Å². The maximum absolute atomic E-state index is 10.7. The molecule has 2 nitrogen and oxygen atoms in total. The Morgan fingerprint density at radius 3 is 2.31 bits per heavy atom. The van der Waals surface area contributed by atoms with E-state index in [1.807, 2.05) is 18.6 Å². The minimum absolute atomic E-state index is 0.349. The van der Waals surface area contributed by atoms with Crippen LogP contribution < -0.4 is 0 Å². The van der Waals surface area contributed by atoms with Gasteiger partial charge in [0.05, 0.1) is 5.56 Å². The van der Waals surface area contributed by atoms with E-state index < -0.39 is 5.97 Å². The fourth-order valence-electron chi connectivity index (χ4n) is 0.969. The highest BCUT2D eigenvalue weighted by Crippen LogP contribution is 2.28. The normalized spacial score (nSPS) is 10.0. The lowest BCUT2D eigenvalue weighted by atomic mass is 10.2. The summed E-state index contributed by atoms with van der Waals surface area (Å²) in [6.45, 7) is 0. The average molecular weight is 214 g/mol. The van der Waals surface area contributed by atoms with Crippen molar-refractivity contribution in [2.45, 2.75) is 9.79 Å². The van der Waals surface area contributed by atoms with Gasteiger partial charge in [-0.3, -0.25) is 0 Å². The predicted molar refractivity (Wildman–Crippen MR) is 57.0 cm³/mol. The lowest BCUT2D eigenvalue weighted by Crippen LogP contribution is -1.96. The molecular formula is C9H10O2S2. The number of carboxylic acids is 1. The fourth-order valence-corrected chi connectivity index (χ4v) is 2.45. The molecule has 0 aliphatic rings. The molecule has 1 rings (SSSR count). The first-order chi connectivity index (χ1) is 6.19. The van der Waals surface area contributed by atoms with Gasteiger partial charge in [0.15, 0.2) is 0 Å². The number of carboxylic acid groups (broad SMARTS) is 1. The molecule has 0 heterocycles. The summed E-state index contributed by atoms with van der Waals surface area (Å²) in [5.41, 5.74) is 0.349. The molecule has 1 aromatic rings. The monoisotopic (exact) mass is 214 g/mol. The summed E-state index contributed by atoms with van der Waals surface area (Å²) in [5.74, 6) is -0.872. The van der Waals surface area contributed by atoms with Crippen molar-refractivity contribution in [2.24, 2.45) is 0 Å². The van der Waals surface area contributed by atoms with Crippen LogP contribution >= 0.6 is 23.5 Å². The average Bonchev–Trinajstić information content (AvgIpc) is 2.16. The van der Waals surface area contributed by atoms with Gasteiger partial charge < -0.3 is 5.11 Å². The summed E-state index contributed by atoms with van der Waals surface area (Å²) in [7, 11) is 0.